The van der Waals surface area contributed by atoms with Crippen molar-refractivity contribution < 1.29 is 8.42 Å². The van der Waals surface area contributed by atoms with Crippen molar-refractivity contribution >= 4 is 10.0 Å². The average molecular weight is 219 g/mol. The third-order valence-electron chi connectivity index (χ3n) is 2.73. The summed E-state index contributed by atoms with van der Waals surface area (Å²) in [5.41, 5.74) is 0. The normalized spacial score (nSPS) is 27.7. The second-order valence-electron chi connectivity index (χ2n) is 4.79. The summed E-state index contributed by atoms with van der Waals surface area (Å²) in [5.74, 6) is 0.460. The zero-order valence-electron chi connectivity index (χ0n) is 9.53. The Labute approximate surface area is 87.5 Å². The molecule has 0 spiro atoms. The zero-order valence-corrected chi connectivity index (χ0v) is 10.3. The van der Waals surface area contributed by atoms with Crippen molar-refractivity contribution in [3.63, 3.8) is 0 Å². The molecule has 0 amide bonds. The maximum atomic E-state index is 12.0. The summed E-state index contributed by atoms with van der Waals surface area (Å²) < 4.78 is 25.6. The third-order valence-corrected chi connectivity index (χ3v) is 5.26. The second kappa shape index (κ2) is 4.19. The van der Waals surface area contributed by atoms with Crippen LogP contribution in [-0.2, 0) is 10.0 Å². The van der Waals surface area contributed by atoms with E-state index < -0.39 is 10.0 Å². The molecule has 1 aliphatic heterocycles. The van der Waals surface area contributed by atoms with Crippen LogP contribution in [0, 0.1) is 5.92 Å². The van der Waals surface area contributed by atoms with Crippen molar-refractivity contribution in [3.8, 4) is 0 Å². The molecule has 0 saturated carbocycles. The van der Waals surface area contributed by atoms with Crippen molar-refractivity contribution in [3.05, 3.63) is 0 Å². The highest BCUT2D eigenvalue weighted by Crippen LogP contribution is 2.28. The number of nitrogens with zero attached hydrogens (tertiary/aromatic N) is 1. The summed E-state index contributed by atoms with van der Waals surface area (Å²) in [6.07, 6.45) is 1.60. The fourth-order valence-corrected chi connectivity index (χ4v) is 4.42. The van der Waals surface area contributed by atoms with Crippen LogP contribution in [0.3, 0.4) is 0 Å². The molecule has 1 saturated heterocycles. The van der Waals surface area contributed by atoms with Gasteiger partial charge in [0.2, 0.25) is 10.0 Å². The predicted molar refractivity (Wildman–Crippen MR) is 58.6 cm³/mol. The van der Waals surface area contributed by atoms with Gasteiger partial charge in [0, 0.05) is 12.6 Å². The van der Waals surface area contributed by atoms with Crippen LogP contribution < -0.4 is 0 Å². The molecule has 14 heavy (non-hydrogen) atoms. The van der Waals surface area contributed by atoms with Crippen LogP contribution in [0.15, 0.2) is 0 Å². The molecule has 1 heterocycles. The number of rotatable bonds is 3. The van der Waals surface area contributed by atoms with E-state index in [1.807, 2.05) is 13.8 Å². The molecule has 1 aliphatic rings. The fourth-order valence-electron chi connectivity index (χ4n) is 2.06. The molecule has 4 heteroatoms. The Kier molecular flexibility index (Phi) is 3.58. The first kappa shape index (κ1) is 12.0. The van der Waals surface area contributed by atoms with Crippen LogP contribution in [0.1, 0.15) is 40.5 Å². The summed E-state index contributed by atoms with van der Waals surface area (Å²) in [4.78, 5) is 0. The molecule has 0 bridgehead atoms. The molecule has 1 rings (SSSR count). The quantitative estimate of drug-likeness (QED) is 0.726. The Morgan fingerprint density at radius 2 is 1.86 bits per heavy atom. The van der Waals surface area contributed by atoms with Gasteiger partial charge in [0.25, 0.3) is 0 Å². The van der Waals surface area contributed by atoms with Crippen LogP contribution in [0.4, 0.5) is 0 Å². The lowest BCUT2D eigenvalue weighted by Gasteiger charge is -2.21. The van der Waals surface area contributed by atoms with E-state index in [0.29, 0.717) is 12.5 Å². The molecule has 0 aromatic carbocycles. The molecule has 0 aromatic heterocycles. The monoisotopic (exact) mass is 219 g/mol. The van der Waals surface area contributed by atoms with E-state index in [1.54, 1.807) is 4.31 Å². The SMILES string of the molecule is CC(C)CC1CCN(C(C)C)S1(=O)=O. The minimum atomic E-state index is -2.99. The predicted octanol–water partition coefficient (Wildman–Crippen LogP) is 1.84. The van der Waals surface area contributed by atoms with Crippen LogP contribution >= 0.6 is 0 Å². The number of hydrogen-bond acceptors (Lipinski definition) is 2. The summed E-state index contributed by atoms with van der Waals surface area (Å²) in [6, 6.07) is 0.108. The van der Waals surface area contributed by atoms with Crippen LogP contribution in [0.5, 0.6) is 0 Å². The van der Waals surface area contributed by atoms with Gasteiger partial charge in [-0.05, 0) is 32.6 Å². The molecular formula is C10H21NO2S. The molecule has 1 atom stereocenters. The second-order valence-corrected chi connectivity index (χ2v) is 6.96. The Bertz CT molecular complexity index is 282. The van der Waals surface area contributed by atoms with E-state index in [-0.39, 0.29) is 11.3 Å². The van der Waals surface area contributed by atoms with Crippen molar-refractivity contribution in [1.29, 1.82) is 0 Å². The van der Waals surface area contributed by atoms with E-state index >= 15 is 0 Å². The minimum absolute atomic E-state index is 0.108. The van der Waals surface area contributed by atoms with E-state index in [1.165, 1.54) is 0 Å². The van der Waals surface area contributed by atoms with E-state index in [2.05, 4.69) is 13.8 Å². The first-order chi connectivity index (χ1) is 6.35. The molecule has 0 aromatic rings. The van der Waals surface area contributed by atoms with Gasteiger partial charge in [-0.1, -0.05) is 13.8 Å². The molecule has 0 radical (unpaired) electrons. The summed E-state index contributed by atoms with van der Waals surface area (Å²) in [7, 11) is -2.99. The lowest BCUT2D eigenvalue weighted by Crippen LogP contribution is -2.35. The highest BCUT2D eigenvalue weighted by Gasteiger charge is 2.39. The summed E-state index contributed by atoms with van der Waals surface area (Å²) >= 11 is 0. The van der Waals surface area contributed by atoms with E-state index in [0.717, 1.165) is 12.8 Å². The van der Waals surface area contributed by atoms with Crippen LogP contribution in [0.2, 0.25) is 0 Å². The van der Waals surface area contributed by atoms with E-state index in [4.69, 9.17) is 0 Å². The average Bonchev–Trinajstić information content (AvgIpc) is 2.26. The first-order valence-electron chi connectivity index (χ1n) is 5.36. The summed E-state index contributed by atoms with van der Waals surface area (Å²) in [5, 5.41) is -0.134. The smallest absolute Gasteiger partial charge is 0.212 e. The van der Waals surface area contributed by atoms with Crippen LogP contribution in [0.25, 0.3) is 0 Å². The van der Waals surface area contributed by atoms with Crippen molar-refractivity contribution in [2.75, 3.05) is 6.54 Å². The molecule has 1 fully saturated rings. The van der Waals surface area contributed by atoms with Gasteiger partial charge < -0.3 is 0 Å². The van der Waals surface area contributed by atoms with E-state index in [9.17, 15) is 8.42 Å². The highest BCUT2D eigenvalue weighted by molar-refractivity contribution is 7.90. The lowest BCUT2D eigenvalue weighted by atomic mass is 10.1. The Hall–Kier alpha value is -0.0900. The zero-order chi connectivity index (χ0) is 10.9. The van der Waals surface area contributed by atoms with Gasteiger partial charge in [-0.2, -0.15) is 4.31 Å². The Morgan fingerprint density at radius 3 is 2.21 bits per heavy atom. The maximum Gasteiger partial charge on any atom is 0.217 e. The largest absolute Gasteiger partial charge is 0.217 e. The molecule has 0 N–H and O–H groups in total. The van der Waals surface area contributed by atoms with Crippen LogP contribution in [-0.4, -0.2) is 30.6 Å². The minimum Gasteiger partial charge on any atom is -0.212 e. The molecular weight excluding hydrogens is 198 g/mol. The Morgan fingerprint density at radius 1 is 1.29 bits per heavy atom. The van der Waals surface area contributed by atoms with Crippen molar-refractivity contribution in [2.45, 2.75) is 51.8 Å². The van der Waals surface area contributed by atoms with Gasteiger partial charge in [-0.25, -0.2) is 8.42 Å². The molecule has 0 aliphatic carbocycles. The topological polar surface area (TPSA) is 37.4 Å². The van der Waals surface area contributed by atoms with Gasteiger partial charge in [-0.15, -0.1) is 0 Å². The standard InChI is InChI=1S/C10H21NO2S/c1-8(2)7-10-5-6-11(9(3)4)14(10,12)13/h8-10H,5-7H2,1-4H3. The first-order valence-corrected chi connectivity index (χ1v) is 6.86. The molecule has 3 nitrogen and oxygen atoms in total. The van der Waals surface area contributed by atoms with Gasteiger partial charge >= 0.3 is 0 Å². The van der Waals surface area contributed by atoms with Gasteiger partial charge in [0.05, 0.1) is 5.25 Å². The maximum absolute atomic E-state index is 12.0. The van der Waals surface area contributed by atoms with Gasteiger partial charge in [0.15, 0.2) is 0 Å². The highest BCUT2D eigenvalue weighted by atomic mass is 32.2. The number of hydrogen-bond donors (Lipinski definition) is 0. The molecule has 1 unspecified atom stereocenters. The number of sulfonamides is 1. The Balaban J connectivity index is 2.77. The van der Waals surface area contributed by atoms with Crippen molar-refractivity contribution in [1.82, 2.24) is 4.31 Å². The van der Waals surface area contributed by atoms with Gasteiger partial charge in [0.1, 0.15) is 0 Å². The lowest BCUT2D eigenvalue weighted by molar-refractivity contribution is 0.381. The third kappa shape index (κ3) is 2.28. The summed E-state index contributed by atoms with van der Waals surface area (Å²) in [6.45, 7) is 8.74. The van der Waals surface area contributed by atoms with Gasteiger partial charge in [-0.3, -0.25) is 0 Å². The van der Waals surface area contributed by atoms with Crippen molar-refractivity contribution in [2.24, 2.45) is 5.92 Å². The molecule has 84 valence electrons. The fraction of sp³-hybridized carbons (Fsp3) is 1.00.